The number of aliphatic hydroxyl groups excluding tert-OH is 1. The van der Waals surface area contributed by atoms with Crippen molar-refractivity contribution in [3.63, 3.8) is 0 Å². The van der Waals surface area contributed by atoms with E-state index in [0.717, 1.165) is 5.56 Å². The molecule has 0 bridgehead atoms. The van der Waals surface area contributed by atoms with Crippen LogP contribution in [-0.2, 0) is 9.53 Å². The summed E-state index contributed by atoms with van der Waals surface area (Å²) in [4.78, 5) is 11.1. The van der Waals surface area contributed by atoms with Gasteiger partial charge in [-0.1, -0.05) is 49.1 Å². The van der Waals surface area contributed by atoms with Gasteiger partial charge in [-0.3, -0.25) is 0 Å². The van der Waals surface area contributed by atoms with Crippen LogP contribution in [-0.4, -0.2) is 24.3 Å². The summed E-state index contributed by atoms with van der Waals surface area (Å²) in [5.41, 5.74) is 1.26. The standard InChI is InChI=1S/C14H16O3/c1-11(14(16)17-2)10-13(15)9-8-12-6-4-3-5-7-12/h3-9,13,15H,1,10H2,2H3/b9-8+. The second-order valence-electron chi connectivity index (χ2n) is 3.64. The number of aliphatic hydroxyl groups is 1. The molecule has 90 valence electrons. The smallest absolute Gasteiger partial charge is 0.333 e. The van der Waals surface area contributed by atoms with E-state index in [9.17, 15) is 9.90 Å². The molecule has 1 N–H and O–H groups in total. The van der Waals surface area contributed by atoms with Crippen molar-refractivity contribution < 1.29 is 14.6 Å². The number of hydrogen-bond donors (Lipinski definition) is 1. The summed E-state index contributed by atoms with van der Waals surface area (Å²) in [5, 5.41) is 9.67. The molecule has 0 aromatic heterocycles. The van der Waals surface area contributed by atoms with Gasteiger partial charge in [-0.05, 0) is 5.56 Å². The Morgan fingerprint density at radius 1 is 1.47 bits per heavy atom. The maximum absolute atomic E-state index is 11.1. The third-order valence-corrected chi connectivity index (χ3v) is 2.24. The first-order valence-corrected chi connectivity index (χ1v) is 5.31. The van der Waals surface area contributed by atoms with Crippen LogP contribution in [0, 0.1) is 0 Å². The van der Waals surface area contributed by atoms with E-state index in [1.54, 1.807) is 12.2 Å². The van der Waals surface area contributed by atoms with E-state index in [-0.39, 0.29) is 12.0 Å². The zero-order chi connectivity index (χ0) is 12.7. The maximum atomic E-state index is 11.1. The van der Waals surface area contributed by atoms with Crippen molar-refractivity contribution in [2.45, 2.75) is 12.5 Å². The summed E-state index contributed by atoms with van der Waals surface area (Å²) in [5.74, 6) is -0.489. The lowest BCUT2D eigenvalue weighted by Crippen LogP contribution is -2.10. The highest BCUT2D eigenvalue weighted by Gasteiger charge is 2.10. The van der Waals surface area contributed by atoms with Crippen LogP contribution >= 0.6 is 0 Å². The number of benzene rings is 1. The van der Waals surface area contributed by atoms with Crippen LogP contribution < -0.4 is 0 Å². The molecule has 0 saturated heterocycles. The van der Waals surface area contributed by atoms with Gasteiger partial charge in [0.05, 0.1) is 13.2 Å². The Kier molecular flexibility index (Phi) is 5.17. The number of esters is 1. The van der Waals surface area contributed by atoms with E-state index in [1.807, 2.05) is 30.3 Å². The Balaban J connectivity index is 2.50. The molecule has 0 fully saturated rings. The summed E-state index contributed by atoms with van der Waals surface area (Å²) in [6, 6.07) is 9.61. The van der Waals surface area contributed by atoms with E-state index in [4.69, 9.17) is 0 Å². The molecule has 0 aliphatic rings. The average Bonchev–Trinajstić information content (AvgIpc) is 2.36. The number of ether oxygens (including phenoxy) is 1. The summed E-state index contributed by atoms with van der Waals surface area (Å²) >= 11 is 0. The van der Waals surface area contributed by atoms with Crippen molar-refractivity contribution in [2.24, 2.45) is 0 Å². The minimum Gasteiger partial charge on any atom is -0.466 e. The van der Waals surface area contributed by atoms with E-state index >= 15 is 0 Å². The molecule has 17 heavy (non-hydrogen) atoms. The Morgan fingerprint density at radius 2 is 2.12 bits per heavy atom. The Hall–Kier alpha value is -1.87. The van der Waals surface area contributed by atoms with Gasteiger partial charge in [0.25, 0.3) is 0 Å². The molecule has 0 radical (unpaired) electrons. The largest absolute Gasteiger partial charge is 0.466 e. The predicted molar refractivity (Wildman–Crippen MR) is 67.3 cm³/mol. The number of methoxy groups -OCH3 is 1. The van der Waals surface area contributed by atoms with E-state index in [1.165, 1.54) is 7.11 Å². The Bertz CT molecular complexity index is 407. The fraction of sp³-hybridized carbons (Fsp3) is 0.214. The third kappa shape index (κ3) is 4.66. The first-order valence-electron chi connectivity index (χ1n) is 5.31. The SMILES string of the molecule is C=C(CC(O)/C=C/c1ccccc1)C(=O)OC. The molecule has 3 heteroatoms. The molecular formula is C14H16O3. The second-order valence-corrected chi connectivity index (χ2v) is 3.64. The molecule has 0 aliphatic heterocycles. The molecule has 1 aromatic rings. The fourth-order valence-corrected chi connectivity index (χ4v) is 1.33. The van der Waals surface area contributed by atoms with Crippen LogP contribution in [0.3, 0.4) is 0 Å². The van der Waals surface area contributed by atoms with Crippen molar-refractivity contribution in [3.05, 3.63) is 54.1 Å². The van der Waals surface area contributed by atoms with Crippen molar-refractivity contribution in [2.75, 3.05) is 7.11 Å². The van der Waals surface area contributed by atoms with Crippen LogP contribution in [0.25, 0.3) is 6.08 Å². The monoisotopic (exact) mass is 232 g/mol. The van der Waals surface area contributed by atoms with Crippen LogP contribution in [0.5, 0.6) is 0 Å². The van der Waals surface area contributed by atoms with Gasteiger partial charge in [0.2, 0.25) is 0 Å². The van der Waals surface area contributed by atoms with Gasteiger partial charge in [0.15, 0.2) is 0 Å². The minimum atomic E-state index is -0.734. The lowest BCUT2D eigenvalue weighted by Gasteiger charge is -2.06. The van der Waals surface area contributed by atoms with Crippen LogP contribution in [0.4, 0.5) is 0 Å². The molecule has 0 spiro atoms. The number of hydrogen-bond acceptors (Lipinski definition) is 3. The zero-order valence-corrected chi connectivity index (χ0v) is 9.80. The third-order valence-electron chi connectivity index (χ3n) is 2.24. The average molecular weight is 232 g/mol. The van der Waals surface area contributed by atoms with E-state index < -0.39 is 12.1 Å². The summed E-state index contributed by atoms with van der Waals surface area (Å²) < 4.78 is 4.50. The summed E-state index contributed by atoms with van der Waals surface area (Å²) in [6.07, 6.45) is 2.87. The lowest BCUT2D eigenvalue weighted by molar-refractivity contribution is -0.136. The van der Waals surface area contributed by atoms with Gasteiger partial charge >= 0.3 is 5.97 Å². The first kappa shape index (κ1) is 13.2. The van der Waals surface area contributed by atoms with Crippen LogP contribution in [0.2, 0.25) is 0 Å². The van der Waals surface area contributed by atoms with Crippen molar-refractivity contribution in [1.82, 2.24) is 0 Å². The van der Waals surface area contributed by atoms with Gasteiger partial charge < -0.3 is 9.84 Å². The van der Waals surface area contributed by atoms with Crippen molar-refractivity contribution >= 4 is 12.0 Å². The molecule has 1 atom stereocenters. The highest BCUT2D eigenvalue weighted by molar-refractivity contribution is 5.87. The summed E-state index contributed by atoms with van der Waals surface area (Å²) in [7, 11) is 1.29. The highest BCUT2D eigenvalue weighted by Crippen LogP contribution is 2.08. The van der Waals surface area contributed by atoms with Gasteiger partial charge in [-0.15, -0.1) is 0 Å². The molecule has 0 heterocycles. The Labute approximate surface area is 101 Å². The molecule has 1 unspecified atom stereocenters. The van der Waals surface area contributed by atoms with E-state index in [2.05, 4.69) is 11.3 Å². The van der Waals surface area contributed by atoms with Gasteiger partial charge in [-0.2, -0.15) is 0 Å². The number of rotatable bonds is 5. The predicted octanol–water partition coefficient (Wildman–Crippen LogP) is 2.18. The van der Waals surface area contributed by atoms with Crippen LogP contribution in [0.1, 0.15) is 12.0 Å². The molecule has 3 nitrogen and oxygen atoms in total. The lowest BCUT2D eigenvalue weighted by atomic mass is 10.1. The van der Waals surface area contributed by atoms with Gasteiger partial charge in [0.1, 0.15) is 0 Å². The van der Waals surface area contributed by atoms with Crippen molar-refractivity contribution in [3.8, 4) is 0 Å². The highest BCUT2D eigenvalue weighted by atomic mass is 16.5. The molecule has 0 aliphatic carbocycles. The normalized spacial score (nSPS) is 12.4. The number of carbonyl (C=O) groups is 1. The molecule has 1 aromatic carbocycles. The zero-order valence-electron chi connectivity index (χ0n) is 9.80. The van der Waals surface area contributed by atoms with Gasteiger partial charge in [0, 0.05) is 12.0 Å². The molecular weight excluding hydrogens is 216 g/mol. The molecule has 1 rings (SSSR count). The molecule has 0 amide bonds. The minimum absolute atomic E-state index is 0.177. The van der Waals surface area contributed by atoms with Crippen molar-refractivity contribution in [1.29, 1.82) is 0 Å². The summed E-state index contributed by atoms with van der Waals surface area (Å²) in [6.45, 7) is 3.55. The fourth-order valence-electron chi connectivity index (χ4n) is 1.33. The van der Waals surface area contributed by atoms with Crippen LogP contribution in [0.15, 0.2) is 48.6 Å². The number of carbonyl (C=O) groups excluding carboxylic acids is 1. The topological polar surface area (TPSA) is 46.5 Å². The Morgan fingerprint density at radius 3 is 2.71 bits per heavy atom. The quantitative estimate of drug-likeness (QED) is 0.625. The molecule has 0 saturated carbocycles. The first-order chi connectivity index (χ1) is 8.13. The maximum Gasteiger partial charge on any atom is 0.333 e. The van der Waals surface area contributed by atoms with E-state index in [0.29, 0.717) is 0 Å². The van der Waals surface area contributed by atoms with Gasteiger partial charge in [-0.25, -0.2) is 4.79 Å². The second kappa shape index (κ2) is 6.66.